The highest BCUT2D eigenvalue weighted by molar-refractivity contribution is 5.64. The summed E-state index contributed by atoms with van der Waals surface area (Å²) in [5, 5.41) is 0. The molecule has 2 rings (SSSR count). The summed E-state index contributed by atoms with van der Waals surface area (Å²) in [6, 6.07) is 8.81. The summed E-state index contributed by atoms with van der Waals surface area (Å²) in [6.07, 6.45) is -4.88. The maximum atomic E-state index is 13.3. The quantitative estimate of drug-likeness (QED) is 0.531. The molecular formula is C19H19F3O4. The van der Waals surface area contributed by atoms with Gasteiger partial charge in [-0.1, -0.05) is 25.1 Å². The molecule has 4 nitrogen and oxygen atoms in total. The van der Waals surface area contributed by atoms with E-state index in [1.165, 1.54) is 6.07 Å². The smallest absolute Gasteiger partial charge is 0.488 e. The maximum Gasteiger partial charge on any atom is 0.513 e. The summed E-state index contributed by atoms with van der Waals surface area (Å²) in [5.74, 6) is 0.206. The van der Waals surface area contributed by atoms with Crippen LogP contribution in [0.1, 0.15) is 29.2 Å². The third kappa shape index (κ3) is 4.68. The monoisotopic (exact) mass is 368 g/mol. The number of aryl methyl sites for hydroxylation is 2. The molecule has 0 aliphatic carbocycles. The Balaban J connectivity index is 2.35. The lowest BCUT2D eigenvalue weighted by molar-refractivity contribution is -0.138. The number of hydrogen-bond donors (Lipinski definition) is 0. The maximum absolute atomic E-state index is 13.3. The van der Waals surface area contributed by atoms with Crippen molar-refractivity contribution < 1.29 is 32.2 Å². The van der Waals surface area contributed by atoms with Crippen molar-refractivity contribution >= 4 is 6.16 Å². The number of halogens is 3. The van der Waals surface area contributed by atoms with Crippen molar-refractivity contribution in [1.82, 2.24) is 0 Å². The van der Waals surface area contributed by atoms with Gasteiger partial charge in [0, 0.05) is 5.56 Å². The van der Waals surface area contributed by atoms with Crippen molar-refractivity contribution in [2.75, 3.05) is 7.11 Å². The number of alkyl halides is 3. The fourth-order valence-electron chi connectivity index (χ4n) is 2.45. The highest BCUT2D eigenvalue weighted by Gasteiger charge is 2.35. The first-order valence-corrected chi connectivity index (χ1v) is 7.93. The third-order valence-electron chi connectivity index (χ3n) is 3.82. The predicted molar refractivity (Wildman–Crippen MR) is 89.4 cm³/mol. The molecule has 0 atom stereocenters. The van der Waals surface area contributed by atoms with Gasteiger partial charge < -0.3 is 14.2 Å². The van der Waals surface area contributed by atoms with Crippen LogP contribution in [0.15, 0.2) is 36.4 Å². The first-order valence-electron chi connectivity index (χ1n) is 7.93. The second kappa shape index (κ2) is 8.12. The average Bonchev–Trinajstić information content (AvgIpc) is 2.60. The van der Waals surface area contributed by atoms with Gasteiger partial charge in [0.1, 0.15) is 18.1 Å². The Morgan fingerprint density at radius 2 is 1.85 bits per heavy atom. The molecule has 0 aliphatic heterocycles. The summed E-state index contributed by atoms with van der Waals surface area (Å²) in [5.41, 5.74) is 0.704. The lowest BCUT2D eigenvalue weighted by Crippen LogP contribution is -2.15. The Kier molecular flexibility index (Phi) is 6.13. The first kappa shape index (κ1) is 19.6. The Bertz CT molecular complexity index is 785. The molecular weight excluding hydrogens is 349 g/mol. The summed E-state index contributed by atoms with van der Waals surface area (Å²) >= 11 is 0. The number of ether oxygens (including phenoxy) is 3. The molecule has 2 aromatic carbocycles. The summed E-state index contributed by atoms with van der Waals surface area (Å²) in [7, 11) is 1.07. The lowest BCUT2D eigenvalue weighted by atomic mass is 10.1. The largest absolute Gasteiger partial charge is 0.513 e. The van der Waals surface area contributed by atoms with Crippen molar-refractivity contribution in [2.45, 2.75) is 33.1 Å². The molecule has 0 saturated heterocycles. The minimum atomic E-state index is -4.62. The highest BCUT2D eigenvalue weighted by Crippen LogP contribution is 2.37. The minimum absolute atomic E-state index is 0.255. The van der Waals surface area contributed by atoms with Gasteiger partial charge in [0.2, 0.25) is 0 Å². The van der Waals surface area contributed by atoms with Crippen LogP contribution in [0.5, 0.6) is 11.5 Å². The van der Waals surface area contributed by atoms with Gasteiger partial charge in [-0.15, -0.1) is 0 Å². The van der Waals surface area contributed by atoms with Gasteiger partial charge in [0.15, 0.2) is 0 Å². The number of rotatable bonds is 5. The van der Waals surface area contributed by atoms with Gasteiger partial charge in [-0.2, -0.15) is 13.2 Å². The second-order valence-electron chi connectivity index (χ2n) is 5.58. The van der Waals surface area contributed by atoms with Crippen LogP contribution in [-0.4, -0.2) is 13.3 Å². The van der Waals surface area contributed by atoms with Crippen LogP contribution >= 0.6 is 0 Å². The molecule has 0 aliphatic rings. The van der Waals surface area contributed by atoms with E-state index in [1.54, 1.807) is 6.07 Å². The zero-order valence-corrected chi connectivity index (χ0v) is 14.6. The molecule has 0 spiro atoms. The molecule has 0 bridgehead atoms. The highest BCUT2D eigenvalue weighted by atomic mass is 19.4. The second-order valence-corrected chi connectivity index (χ2v) is 5.58. The van der Waals surface area contributed by atoms with Crippen LogP contribution in [0, 0.1) is 6.92 Å². The van der Waals surface area contributed by atoms with Crippen molar-refractivity contribution in [1.29, 1.82) is 0 Å². The van der Waals surface area contributed by atoms with Crippen LogP contribution in [0.3, 0.4) is 0 Å². The standard InChI is InChI=1S/C19H19F3O4/c1-4-13-8-9-16(12(2)10-13)25-11-14-15(19(20,21)22)6-5-7-17(14)26-18(23)24-3/h5-10H,4,11H2,1-3H3. The van der Waals surface area contributed by atoms with E-state index in [-0.39, 0.29) is 11.3 Å². The van der Waals surface area contributed by atoms with Crippen LogP contribution in [0.2, 0.25) is 0 Å². The number of carbonyl (C=O) groups is 1. The minimum Gasteiger partial charge on any atom is -0.488 e. The van der Waals surface area contributed by atoms with Crippen molar-refractivity contribution in [3.05, 3.63) is 58.7 Å². The zero-order chi connectivity index (χ0) is 19.3. The number of methoxy groups -OCH3 is 1. The normalized spacial score (nSPS) is 11.2. The Hall–Kier alpha value is -2.70. The van der Waals surface area contributed by atoms with E-state index >= 15 is 0 Å². The molecule has 140 valence electrons. The van der Waals surface area contributed by atoms with Gasteiger partial charge in [-0.3, -0.25) is 0 Å². The number of hydrogen-bond acceptors (Lipinski definition) is 4. The van der Waals surface area contributed by atoms with Gasteiger partial charge in [0.05, 0.1) is 12.7 Å². The van der Waals surface area contributed by atoms with E-state index < -0.39 is 24.5 Å². The number of carbonyl (C=O) groups excluding carboxylic acids is 1. The van der Waals surface area contributed by atoms with Gasteiger partial charge in [-0.25, -0.2) is 4.79 Å². The molecule has 0 unspecified atom stereocenters. The molecule has 0 fully saturated rings. The third-order valence-corrected chi connectivity index (χ3v) is 3.82. The van der Waals surface area contributed by atoms with Gasteiger partial charge >= 0.3 is 12.3 Å². The summed E-state index contributed by atoms with van der Waals surface area (Å²) < 4.78 is 54.8. The summed E-state index contributed by atoms with van der Waals surface area (Å²) in [6.45, 7) is 3.41. The molecule has 26 heavy (non-hydrogen) atoms. The van der Waals surface area contributed by atoms with E-state index in [0.29, 0.717) is 5.75 Å². The fraction of sp³-hybridized carbons (Fsp3) is 0.316. The molecule has 0 radical (unpaired) electrons. The molecule has 7 heteroatoms. The molecule has 0 amide bonds. The van der Waals surface area contributed by atoms with E-state index in [9.17, 15) is 18.0 Å². The Morgan fingerprint density at radius 3 is 2.42 bits per heavy atom. The van der Waals surface area contributed by atoms with Crippen LogP contribution in [0.25, 0.3) is 0 Å². The number of benzene rings is 2. The topological polar surface area (TPSA) is 44.8 Å². The fourth-order valence-corrected chi connectivity index (χ4v) is 2.45. The zero-order valence-electron chi connectivity index (χ0n) is 14.6. The Morgan fingerprint density at radius 1 is 1.12 bits per heavy atom. The van der Waals surface area contributed by atoms with Crippen LogP contribution < -0.4 is 9.47 Å². The molecule has 0 saturated carbocycles. The van der Waals surface area contributed by atoms with Crippen molar-refractivity contribution in [3.63, 3.8) is 0 Å². The van der Waals surface area contributed by atoms with Crippen LogP contribution in [-0.2, 0) is 23.9 Å². The average molecular weight is 368 g/mol. The van der Waals surface area contributed by atoms with Gasteiger partial charge in [0.25, 0.3) is 0 Å². The first-order chi connectivity index (χ1) is 12.3. The predicted octanol–water partition coefficient (Wildman–Crippen LogP) is 5.30. The van der Waals surface area contributed by atoms with Gasteiger partial charge in [-0.05, 0) is 42.7 Å². The molecule has 0 heterocycles. The van der Waals surface area contributed by atoms with E-state index in [0.717, 1.165) is 36.8 Å². The molecule has 0 N–H and O–H groups in total. The van der Waals surface area contributed by atoms with E-state index in [1.807, 2.05) is 26.0 Å². The van der Waals surface area contributed by atoms with E-state index in [4.69, 9.17) is 9.47 Å². The lowest BCUT2D eigenvalue weighted by Gasteiger charge is -2.17. The Labute approximate surface area is 149 Å². The molecule has 2 aromatic rings. The molecule has 0 aromatic heterocycles. The summed E-state index contributed by atoms with van der Waals surface area (Å²) in [4.78, 5) is 11.3. The van der Waals surface area contributed by atoms with Crippen molar-refractivity contribution in [3.8, 4) is 11.5 Å². The van der Waals surface area contributed by atoms with Crippen molar-refractivity contribution in [2.24, 2.45) is 0 Å². The van der Waals surface area contributed by atoms with Crippen LogP contribution in [0.4, 0.5) is 18.0 Å². The SMILES string of the molecule is CCc1ccc(OCc2c(OC(=O)OC)cccc2C(F)(F)F)c(C)c1. The van der Waals surface area contributed by atoms with E-state index in [2.05, 4.69) is 4.74 Å².